The van der Waals surface area contributed by atoms with Crippen LogP contribution in [0.1, 0.15) is 46.0 Å². The third kappa shape index (κ3) is 4.99. The molecule has 0 bridgehead atoms. The highest BCUT2D eigenvalue weighted by Crippen LogP contribution is 2.32. The second kappa shape index (κ2) is 10.7. The zero-order chi connectivity index (χ0) is 27.7. The van der Waals surface area contributed by atoms with Crippen LogP contribution in [0.5, 0.6) is 11.5 Å². The Morgan fingerprint density at radius 1 is 0.974 bits per heavy atom. The monoisotopic (exact) mass is 529 g/mol. The molecular weight excluding hydrogens is 501 g/mol. The molecule has 0 atom stereocenters. The third-order valence-corrected chi connectivity index (χ3v) is 6.42. The maximum Gasteiger partial charge on any atom is 0.265 e. The molecule has 1 aliphatic heterocycles. The molecule has 0 aliphatic carbocycles. The van der Waals surface area contributed by atoms with Gasteiger partial charge in [-0.25, -0.2) is 9.37 Å². The summed E-state index contributed by atoms with van der Waals surface area (Å²) in [6.07, 6.45) is -0.0210. The van der Waals surface area contributed by atoms with Crippen LogP contribution in [0, 0.1) is 6.92 Å². The molecule has 8 nitrogen and oxygen atoms in total. The number of hydrogen-bond acceptors (Lipinski definition) is 6. The van der Waals surface area contributed by atoms with Crippen LogP contribution in [0.4, 0.5) is 4.39 Å². The fraction of sp³-hybridized carbons (Fsp3) is 0.267. The molecule has 0 radical (unpaired) electrons. The number of nitrogens with zero attached hydrogens (tertiary/aromatic N) is 3. The number of aryl methyl sites for hydroxylation is 1. The molecule has 9 heteroatoms. The zero-order valence-electron chi connectivity index (χ0n) is 21.9. The molecule has 5 rings (SSSR count). The number of aromatic nitrogens is 2. The van der Waals surface area contributed by atoms with Crippen molar-refractivity contribution in [2.45, 2.75) is 33.3 Å². The van der Waals surface area contributed by atoms with Crippen molar-refractivity contribution in [2.24, 2.45) is 0 Å². The Morgan fingerprint density at radius 2 is 1.74 bits per heavy atom. The molecule has 0 spiro atoms. The molecule has 0 N–H and O–H groups in total. The first-order chi connectivity index (χ1) is 18.8. The van der Waals surface area contributed by atoms with E-state index in [1.54, 1.807) is 48.5 Å². The largest absolute Gasteiger partial charge is 0.491 e. The predicted molar refractivity (Wildman–Crippen MR) is 145 cm³/mol. The Hall–Kier alpha value is -4.53. The third-order valence-electron chi connectivity index (χ3n) is 6.42. The van der Waals surface area contributed by atoms with Gasteiger partial charge in [-0.05, 0) is 74.9 Å². The van der Waals surface area contributed by atoms with Crippen LogP contribution in [-0.4, -0.2) is 52.2 Å². The summed E-state index contributed by atoms with van der Waals surface area (Å²) in [4.78, 5) is 46.1. The van der Waals surface area contributed by atoms with Crippen molar-refractivity contribution < 1.29 is 23.5 Å². The highest BCUT2D eigenvalue weighted by molar-refractivity contribution is 6.22. The van der Waals surface area contributed by atoms with Crippen LogP contribution >= 0.6 is 0 Å². The normalized spacial score (nSPS) is 12.9. The lowest BCUT2D eigenvalue weighted by atomic mass is 10.1. The van der Waals surface area contributed by atoms with Crippen LogP contribution < -0.4 is 15.0 Å². The van der Waals surface area contributed by atoms with Crippen LogP contribution in [0.3, 0.4) is 0 Å². The number of fused-ring (bicyclic) bond motifs is 2. The van der Waals surface area contributed by atoms with E-state index in [0.29, 0.717) is 39.5 Å². The number of imide groups is 1. The standard InChI is InChI=1S/C30H28FN3O5/c1-18(2)39-25-6-4-5-23-27(25)30(37)33(28(23)35)15-13-26-32-24-17-19(3)7-12-22(24)29(36)34(26)20-8-10-21(11-9-20)38-16-14-31/h4-12,17-18H,13-16H2,1-3H3. The van der Waals surface area contributed by atoms with Crippen molar-refractivity contribution in [3.63, 3.8) is 0 Å². The number of carbonyl (C=O) groups excluding carboxylic acids is 2. The van der Waals surface area contributed by atoms with Crippen molar-refractivity contribution in [3.05, 3.63) is 93.5 Å². The molecule has 0 saturated heterocycles. The van der Waals surface area contributed by atoms with Gasteiger partial charge in [-0.2, -0.15) is 0 Å². The first kappa shape index (κ1) is 26.1. The summed E-state index contributed by atoms with van der Waals surface area (Å²) in [6, 6.07) is 17.1. The first-order valence-corrected chi connectivity index (χ1v) is 12.8. The van der Waals surface area contributed by atoms with E-state index >= 15 is 0 Å². The highest BCUT2D eigenvalue weighted by Gasteiger charge is 2.38. The van der Waals surface area contributed by atoms with Gasteiger partial charge in [-0.1, -0.05) is 12.1 Å². The summed E-state index contributed by atoms with van der Waals surface area (Å²) >= 11 is 0. The number of amides is 2. The van der Waals surface area contributed by atoms with Crippen molar-refractivity contribution in [1.29, 1.82) is 0 Å². The minimum Gasteiger partial charge on any atom is -0.491 e. The Labute approximate surface area is 224 Å². The number of carbonyl (C=O) groups is 2. The molecule has 200 valence electrons. The molecule has 3 aromatic carbocycles. The van der Waals surface area contributed by atoms with Gasteiger partial charge in [0.25, 0.3) is 17.4 Å². The average molecular weight is 530 g/mol. The topological polar surface area (TPSA) is 90.7 Å². The fourth-order valence-electron chi connectivity index (χ4n) is 4.69. The molecule has 2 amide bonds. The molecule has 1 aromatic heterocycles. The molecular formula is C30H28FN3O5. The first-order valence-electron chi connectivity index (χ1n) is 12.8. The fourth-order valence-corrected chi connectivity index (χ4v) is 4.69. The number of halogens is 1. The number of hydrogen-bond donors (Lipinski definition) is 0. The predicted octanol–water partition coefficient (Wildman–Crippen LogP) is 4.67. The Balaban J connectivity index is 1.51. The summed E-state index contributed by atoms with van der Waals surface area (Å²) in [7, 11) is 0. The Bertz CT molecular complexity index is 1630. The minimum absolute atomic E-state index is 0.0227. The van der Waals surface area contributed by atoms with Gasteiger partial charge >= 0.3 is 0 Å². The van der Waals surface area contributed by atoms with Gasteiger partial charge in [0.2, 0.25) is 0 Å². The van der Waals surface area contributed by atoms with E-state index in [4.69, 9.17) is 14.5 Å². The van der Waals surface area contributed by atoms with E-state index in [-0.39, 0.29) is 36.8 Å². The van der Waals surface area contributed by atoms with E-state index in [2.05, 4.69) is 0 Å². The van der Waals surface area contributed by atoms with Crippen LogP contribution in [0.15, 0.2) is 65.5 Å². The summed E-state index contributed by atoms with van der Waals surface area (Å²) in [5.74, 6) is 0.386. The summed E-state index contributed by atoms with van der Waals surface area (Å²) < 4.78 is 25.1. The van der Waals surface area contributed by atoms with Crippen LogP contribution in [-0.2, 0) is 6.42 Å². The lowest BCUT2D eigenvalue weighted by Gasteiger charge is -2.18. The number of alkyl halides is 1. The number of benzene rings is 3. The van der Waals surface area contributed by atoms with Gasteiger partial charge in [0.15, 0.2) is 0 Å². The van der Waals surface area contributed by atoms with Gasteiger partial charge in [-0.15, -0.1) is 0 Å². The molecule has 2 heterocycles. The van der Waals surface area contributed by atoms with Gasteiger partial charge in [0, 0.05) is 13.0 Å². The molecule has 0 unspecified atom stereocenters. The van der Waals surface area contributed by atoms with Gasteiger partial charge in [0.05, 0.1) is 33.8 Å². The van der Waals surface area contributed by atoms with E-state index in [0.717, 1.165) is 5.56 Å². The summed E-state index contributed by atoms with van der Waals surface area (Å²) in [5, 5.41) is 0.443. The van der Waals surface area contributed by atoms with Crippen molar-refractivity contribution in [1.82, 2.24) is 14.5 Å². The molecule has 39 heavy (non-hydrogen) atoms. The second-order valence-corrected chi connectivity index (χ2v) is 9.58. The van der Waals surface area contributed by atoms with E-state index < -0.39 is 18.5 Å². The smallest absolute Gasteiger partial charge is 0.265 e. The SMILES string of the molecule is Cc1ccc2c(=O)n(-c3ccc(OCCF)cc3)c(CCN3C(=O)c4cccc(OC(C)C)c4C3=O)nc2c1. The van der Waals surface area contributed by atoms with E-state index in [1.165, 1.54) is 9.47 Å². The minimum atomic E-state index is -0.609. The Kier molecular flexibility index (Phi) is 7.15. The van der Waals surface area contributed by atoms with Crippen molar-refractivity contribution >= 4 is 22.7 Å². The summed E-state index contributed by atoms with van der Waals surface area (Å²) in [6.45, 7) is 4.97. The Morgan fingerprint density at radius 3 is 2.46 bits per heavy atom. The molecule has 4 aromatic rings. The number of rotatable bonds is 9. The van der Waals surface area contributed by atoms with Gasteiger partial charge in [0.1, 0.15) is 30.6 Å². The second-order valence-electron chi connectivity index (χ2n) is 9.58. The maximum absolute atomic E-state index is 13.6. The lowest BCUT2D eigenvalue weighted by Crippen LogP contribution is -2.33. The lowest BCUT2D eigenvalue weighted by molar-refractivity contribution is 0.0654. The van der Waals surface area contributed by atoms with Crippen LogP contribution in [0.25, 0.3) is 16.6 Å². The van der Waals surface area contributed by atoms with E-state index in [9.17, 15) is 18.8 Å². The van der Waals surface area contributed by atoms with E-state index in [1.807, 2.05) is 32.9 Å². The number of ether oxygens (including phenoxy) is 2. The van der Waals surface area contributed by atoms with Gasteiger partial charge in [-0.3, -0.25) is 23.9 Å². The zero-order valence-corrected chi connectivity index (χ0v) is 21.9. The van der Waals surface area contributed by atoms with Crippen molar-refractivity contribution in [2.75, 3.05) is 19.8 Å². The highest BCUT2D eigenvalue weighted by atomic mass is 19.1. The summed E-state index contributed by atoms with van der Waals surface area (Å²) in [5.41, 5.74) is 2.28. The van der Waals surface area contributed by atoms with Gasteiger partial charge < -0.3 is 9.47 Å². The molecule has 0 saturated carbocycles. The molecule has 1 aliphatic rings. The van der Waals surface area contributed by atoms with Crippen LogP contribution in [0.2, 0.25) is 0 Å². The quantitative estimate of drug-likeness (QED) is 0.293. The molecule has 0 fully saturated rings. The van der Waals surface area contributed by atoms with Crippen molar-refractivity contribution in [3.8, 4) is 17.2 Å². The maximum atomic E-state index is 13.6. The average Bonchev–Trinajstić information content (AvgIpc) is 3.16.